The highest BCUT2D eigenvalue weighted by atomic mass is 16.3. The Bertz CT molecular complexity index is 979. The Labute approximate surface area is 123 Å². The van der Waals surface area contributed by atoms with Gasteiger partial charge in [-0.3, -0.25) is 0 Å². The lowest BCUT2D eigenvalue weighted by atomic mass is 9.96. The van der Waals surface area contributed by atoms with Crippen LogP contribution in [0, 0.1) is 0 Å². The van der Waals surface area contributed by atoms with E-state index in [9.17, 15) is 5.11 Å². The maximum atomic E-state index is 10.2. The van der Waals surface area contributed by atoms with Crippen molar-refractivity contribution in [3.05, 3.63) is 47.9 Å². The Morgan fingerprint density at radius 1 is 1.25 bits per heavy atom. The quantitative estimate of drug-likeness (QED) is 0.703. The minimum Gasteiger partial charge on any atom is -0.436 e. The van der Waals surface area contributed by atoms with Crippen molar-refractivity contribution in [3.63, 3.8) is 0 Å². The van der Waals surface area contributed by atoms with Crippen molar-refractivity contribution in [3.8, 4) is 11.5 Å². The van der Waals surface area contributed by atoms with Gasteiger partial charge in [0, 0.05) is 16.8 Å². The highest BCUT2D eigenvalue weighted by Crippen LogP contribution is 2.32. The van der Waals surface area contributed by atoms with E-state index in [4.69, 9.17) is 17.0 Å². The topological polar surface area (TPSA) is 72.3 Å². The van der Waals surface area contributed by atoms with Gasteiger partial charge in [0.05, 0.1) is 12.5 Å². The molecule has 0 radical (unpaired) electrons. The molecule has 1 aromatic heterocycles. The third-order valence-corrected chi connectivity index (χ3v) is 2.93. The first kappa shape index (κ1) is 8.07. The molecule has 4 heteroatoms. The van der Waals surface area contributed by atoms with E-state index in [0.29, 0.717) is 22.4 Å². The van der Waals surface area contributed by atoms with E-state index in [0.717, 1.165) is 0 Å². The molecule has 0 spiro atoms. The van der Waals surface area contributed by atoms with Crippen LogP contribution in [-0.4, -0.2) is 10.1 Å². The molecule has 0 fully saturated rings. The summed E-state index contributed by atoms with van der Waals surface area (Å²) in [6, 6.07) is 0.858. The van der Waals surface area contributed by atoms with Gasteiger partial charge in [-0.2, -0.15) is 0 Å². The second kappa shape index (κ2) is 4.35. The molecule has 0 saturated heterocycles. The van der Waals surface area contributed by atoms with Crippen LogP contribution in [0.25, 0.3) is 22.6 Å². The van der Waals surface area contributed by atoms with Gasteiger partial charge in [-0.1, -0.05) is 18.1 Å². The fourth-order valence-corrected chi connectivity index (χ4v) is 1.98. The molecule has 0 aliphatic heterocycles. The lowest BCUT2D eigenvalue weighted by molar-refractivity contribution is 0.0794. The molecule has 0 unspecified atom stereocenters. The lowest BCUT2D eigenvalue weighted by Gasteiger charge is -2.19. The largest absolute Gasteiger partial charge is 0.436 e. The summed E-state index contributed by atoms with van der Waals surface area (Å²) < 4.78 is 44.7. The van der Waals surface area contributed by atoms with E-state index in [-0.39, 0.29) is 11.5 Å². The number of rotatable bonds is 2. The Balaban J connectivity index is 2.29. The number of nitrogens with zero attached hydrogens (tertiary/aromatic N) is 1. The van der Waals surface area contributed by atoms with Crippen molar-refractivity contribution >= 4 is 16.8 Å². The highest BCUT2D eigenvalue weighted by Gasteiger charge is 2.21. The fraction of sp³-hybridized carbons (Fsp3) is 0.188. The lowest BCUT2D eigenvalue weighted by Crippen LogP contribution is -2.17. The van der Waals surface area contributed by atoms with Crippen LogP contribution >= 0.6 is 0 Å². The normalized spacial score (nSPS) is 15.4. The number of aromatic nitrogens is 1. The van der Waals surface area contributed by atoms with Crippen molar-refractivity contribution in [1.82, 2.24) is 4.98 Å². The van der Waals surface area contributed by atoms with Crippen molar-refractivity contribution in [2.45, 2.75) is 19.4 Å². The SMILES string of the molecule is [2H]c1c([2H])c([2H])c(-c2nc3cc(N)c(C(C)(C)O)cc3o2)c([2H])c1[2H]. The minimum atomic E-state index is -1.19. The zero-order valence-corrected chi connectivity index (χ0v) is 11.0. The zero-order valence-electron chi connectivity index (χ0n) is 16.0. The molecule has 0 bridgehead atoms. The number of hydrogen-bond donors (Lipinski definition) is 2. The van der Waals surface area contributed by atoms with E-state index >= 15 is 0 Å². The van der Waals surface area contributed by atoms with Crippen LogP contribution in [-0.2, 0) is 5.60 Å². The molecular formula is C16H16N2O2. The molecule has 0 atom stereocenters. The van der Waals surface area contributed by atoms with Gasteiger partial charge >= 0.3 is 0 Å². The molecule has 0 aliphatic carbocycles. The maximum absolute atomic E-state index is 10.2. The van der Waals surface area contributed by atoms with Crippen LogP contribution in [0.2, 0.25) is 0 Å². The van der Waals surface area contributed by atoms with E-state index in [1.165, 1.54) is 12.1 Å². The van der Waals surface area contributed by atoms with Crippen molar-refractivity contribution in [2.75, 3.05) is 5.73 Å². The summed E-state index contributed by atoms with van der Waals surface area (Å²) in [6.45, 7) is 3.16. The molecule has 102 valence electrons. The first-order chi connectivity index (χ1) is 11.5. The number of oxazole rings is 1. The van der Waals surface area contributed by atoms with E-state index in [2.05, 4.69) is 4.98 Å². The third-order valence-electron chi connectivity index (χ3n) is 2.93. The third kappa shape index (κ3) is 2.14. The van der Waals surface area contributed by atoms with Gasteiger partial charge in [-0.05, 0) is 38.1 Å². The number of nitrogens with two attached hydrogens (primary N) is 1. The summed E-state index contributed by atoms with van der Waals surface area (Å²) in [5.41, 5.74) is 6.07. The average Bonchev–Trinajstić information content (AvgIpc) is 2.91. The van der Waals surface area contributed by atoms with E-state index in [1.807, 2.05) is 0 Å². The molecule has 3 rings (SSSR count). The summed E-state index contributed by atoms with van der Waals surface area (Å²) in [5, 5.41) is 10.2. The Morgan fingerprint density at radius 2 is 1.95 bits per heavy atom. The number of hydrogen-bond acceptors (Lipinski definition) is 4. The van der Waals surface area contributed by atoms with E-state index < -0.39 is 35.8 Å². The number of anilines is 1. The van der Waals surface area contributed by atoms with E-state index in [1.54, 1.807) is 13.8 Å². The van der Waals surface area contributed by atoms with Gasteiger partial charge in [-0.15, -0.1) is 0 Å². The summed E-state index contributed by atoms with van der Waals surface area (Å²) in [4.78, 5) is 4.20. The number of benzene rings is 2. The van der Waals surface area contributed by atoms with Crippen LogP contribution in [0.3, 0.4) is 0 Å². The van der Waals surface area contributed by atoms with Gasteiger partial charge in [0.2, 0.25) is 5.89 Å². The second-order valence-corrected chi connectivity index (χ2v) is 4.99. The molecule has 0 saturated carbocycles. The molecule has 2 aromatic carbocycles. The Hall–Kier alpha value is -2.33. The Morgan fingerprint density at radius 3 is 2.60 bits per heavy atom. The van der Waals surface area contributed by atoms with Crippen LogP contribution in [0.5, 0.6) is 0 Å². The molecule has 4 nitrogen and oxygen atoms in total. The zero-order chi connectivity index (χ0) is 18.7. The molecule has 3 N–H and O–H groups in total. The summed E-state index contributed by atoms with van der Waals surface area (Å²) in [6.07, 6.45) is 0. The molecule has 3 aromatic rings. The van der Waals surface area contributed by atoms with Crippen LogP contribution in [0.4, 0.5) is 5.69 Å². The summed E-state index contributed by atoms with van der Waals surface area (Å²) in [5.74, 6) is -0.0979. The summed E-state index contributed by atoms with van der Waals surface area (Å²) in [7, 11) is 0. The monoisotopic (exact) mass is 273 g/mol. The van der Waals surface area contributed by atoms with Gasteiger partial charge in [0.25, 0.3) is 0 Å². The van der Waals surface area contributed by atoms with Gasteiger partial charge in [0.15, 0.2) is 5.58 Å². The fourth-order valence-electron chi connectivity index (χ4n) is 1.98. The molecule has 0 amide bonds. The predicted octanol–water partition coefficient (Wildman–Crippen LogP) is 3.30. The van der Waals surface area contributed by atoms with Gasteiger partial charge in [-0.25, -0.2) is 4.98 Å². The van der Waals surface area contributed by atoms with Crippen molar-refractivity contribution in [2.24, 2.45) is 0 Å². The molecule has 20 heavy (non-hydrogen) atoms. The number of fused-ring (bicyclic) bond motifs is 1. The first-order valence-electron chi connectivity index (χ1n) is 8.52. The standard InChI is InChI=1S/C16H16N2O2/c1-16(2,19)11-8-14-13(9-12(11)17)18-15(20-14)10-6-4-3-5-7-10/h3-9,19H,17H2,1-2H3/i3D,4D,5D,6D,7D. The van der Waals surface area contributed by atoms with Crippen LogP contribution < -0.4 is 5.73 Å². The number of aliphatic hydroxyl groups is 1. The second-order valence-electron chi connectivity index (χ2n) is 4.99. The molecule has 0 aliphatic rings. The van der Waals surface area contributed by atoms with Gasteiger partial charge in [0.1, 0.15) is 5.52 Å². The first-order valence-corrected chi connectivity index (χ1v) is 6.02. The smallest absolute Gasteiger partial charge is 0.227 e. The van der Waals surface area contributed by atoms with Crippen LogP contribution in [0.15, 0.2) is 46.8 Å². The van der Waals surface area contributed by atoms with Crippen molar-refractivity contribution < 1.29 is 16.4 Å². The van der Waals surface area contributed by atoms with Crippen LogP contribution in [0.1, 0.15) is 26.3 Å². The summed E-state index contributed by atoms with van der Waals surface area (Å²) >= 11 is 0. The minimum absolute atomic E-state index is 0.0979. The Kier molecular flexibility index (Phi) is 1.76. The van der Waals surface area contributed by atoms with Gasteiger partial charge < -0.3 is 15.3 Å². The van der Waals surface area contributed by atoms with Crippen molar-refractivity contribution in [1.29, 1.82) is 0 Å². The molecule has 1 heterocycles. The maximum Gasteiger partial charge on any atom is 0.227 e. The molecular weight excluding hydrogens is 252 g/mol. The number of nitrogen functional groups attached to an aromatic ring is 1. The average molecular weight is 273 g/mol. The highest BCUT2D eigenvalue weighted by molar-refractivity contribution is 5.81. The predicted molar refractivity (Wildman–Crippen MR) is 79.1 cm³/mol.